The van der Waals surface area contributed by atoms with Gasteiger partial charge >= 0.3 is 6.18 Å². The van der Waals surface area contributed by atoms with Crippen molar-refractivity contribution >= 4 is 23.3 Å². The number of carbonyl (C=O) groups is 1. The molecule has 144 valence electrons. The van der Waals surface area contributed by atoms with E-state index < -0.39 is 17.6 Å². The number of nitrogens with one attached hydrogen (secondary N) is 1. The fourth-order valence-corrected chi connectivity index (χ4v) is 3.15. The van der Waals surface area contributed by atoms with Gasteiger partial charge < -0.3 is 10.2 Å². The third-order valence-corrected chi connectivity index (χ3v) is 4.68. The summed E-state index contributed by atoms with van der Waals surface area (Å²) in [6.45, 7) is 0.784. The van der Waals surface area contributed by atoms with Crippen LogP contribution in [0, 0.1) is 5.82 Å². The normalized spacial score (nSPS) is 15.7. The van der Waals surface area contributed by atoms with Crippen LogP contribution < -0.4 is 5.32 Å². The maximum atomic E-state index is 13.8. The molecule has 9 heteroatoms. The van der Waals surface area contributed by atoms with Gasteiger partial charge in [0.1, 0.15) is 11.6 Å². The van der Waals surface area contributed by atoms with E-state index in [2.05, 4.69) is 10.3 Å². The summed E-state index contributed by atoms with van der Waals surface area (Å²) in [5.74, 6) is -0.774. The van der Waals surface area contributed by atoms with Gasteiger partial charge in [-0.1, -0.05) is 23.7 Å². The molecular weight excluding hydrogens is 386 g/mol. The Morgan fingerprint density at radius 2 is 1.89 bits per heavy atom. The fourth-order valence-electron chi connectivity index (χ4n) is 2.92. The van der Waals surface area contributed by atoms with Gasteiger partial charge in [0, 0.05) is 25.3 Å². The number of pyridine rings is 1. The number of amides is 1. The van der Waals surface area contributed by atoms with Crippen molar-refractivity contribution in [2.75, 3.05) is 18.4 Å². The van der Waals surface area contributed by atoms with Crippen LogP contribution in [0.25, 0.3) is 0 Å². The first-order valence-corrected chi connectivity index (χ1v) is 8.66. The number of halogens is 5. The Kier molecular flexibility index (Phi) is 5.55. The van der Waals surface area contributed by atoms with Crippen LogP contribution in [-0.4, -0.2) is 34.9 Å². The molecule has 1 aliphatic heterocycles. The quantitative estimate of drug-likeness (QED) is 0.764. The minimum Gasteiger partial charge on any atom is -0.366 e. The second kappa shape index (κ2) is 7.72. The number of benzene rings is 1. The van der Waals surface area contributed by atoms with E-state index in [1.54, 1.807) is 11.0 Å². The van der Waals surface area contributed by atoms with Crippen LogP contribution >= 0.6 is 11.6 Å². The van der Waals surface area contributed by atoms with E-state index in [0.717, 1.165) is 12.3 Å². The number of likely N-dealkylation sites (tertiary alicyclic amines) is 1. The average molecular weight is 402 g/mol. The zero-order valence-electron chi connectivity index (χ0n) is 14.1. The molecule has 1 N–H and O–H groups in total. The third kappa shape index (κ3) is 4.50. The van der Waals surface area contributed by atoms with Crippen LogP contribution in [0.2, 0.25) is 5.02 Å². The zero-order chi connectivity index (χ0) is 19.6. The van der Waals surface area contributed by atoms with Crippen LogP contribution in [0.4, 0.5) is 23.4 Å². The summed E-state index contributed by atoms with van der Waals surface area (Å²) in [4.78, 5) is 17.7. The number of alkyl halides is 3. The first kappa shape index (κ1) is 19.4. The molecule has 0 aliphatic carbocycles. The van der Waals surface area contributed by atoms with Crippen LogP contribution in [0.3, 0.4) is 0 Å². The van der Waals surface area contributed by atoms with Crippen LogP contribution in [0.1, 0.15) is 28.8 Å². The lowest BCUT2D eigenvalue weighted by Gasteiger charge is -2.33. The van der Waals surface area contributed by atoms with Gasteiger partial charge in [0.25, 0.3) is 5.91 Å². The molecule has 0 unspecified atom stereocenters. The van der Waals surface area contributed by atoms with Gasteiger partial charge in [0.05, 0.1) is 16.1 Å². The highest BCUT2D eigenvalue weighted by Crippen LogP contribution is 2.33. The number of carbonyl (C=O) groups excluding carboxylic acids is 1. The van der Waals surface area contributed by atoms with E-state index in [0.29, 0.717) is 25.9 Å². The number of aromatic nitrogens is 1. The molecule has 0 atom stereocenters. The molecule has 2 heterocycles. The van der Waals surface area contributed by atoms with Gasteiger partial charge in [-0.2, -0.15) is 13.2 Å². The molecule has 4 nitrogen and oxygen atoms in total. The molecule has 0 radical (unpaired) electrons. The van der Waals surface area contributed by atoms with Crippen molar-refractivity contribution in [3.63, 3.8) is 0 Å². The monoisotopic (exact) mass is 401 g/mol. The Morgan fingerprint density at radius 3 is 2.48 bits per heavy atom. The van der Waals surface area contributed by atoms with E-state index in [1.807, 2.05) is 0 Å². The zero-order valence-corrected chi connectivity index (χ0v) is 14.8. The highest BCUT2D eigenvalue weighted by atomic mass is 35.5. The lowest BCUT2D eigenvalue weighted by Crippen LogP contribution is -2.42. The maximum Gasteiger partial charge on any atom is 0.417 e. The van der Waals surface area contributed by atoms with Crippen molar-refractivity contribution in [2.24, 2.45) is 0 Å². The fraction of sp³-hybridized carbons (Fsp3) is 0.333. The van der Waals surface area contributed by atoms with Crippen molar-refractivity contribution in [1.82, 2.24) is 9.88 Å². The number of nitrogens with zero attached hydrogens (tertiary/aromatic N) is 2. The molecule has 0 spiro atoms. The third-order valence-electron chi connectivity index (χ3n) is 4.40. The van der Waals surface area contributed by atoms with Gasteiger partial charge in [-0.3, -0.25) is 4.79 Å². The van der Waals surface area contributed by atoms with E-state index >= 15 is 0 Å². The number of anilines is 1. The Hall–Kier alpha value is -2.35. The van der Waals surface area contributed by atoms with Crippen molar-refractivity contribution < 1.29 is 22.4 Å². The average Bonchev–Trinajstić information content (AvgIpc) is 2.63. The number of hydrogen-bond acceptors (Lipinski definition) is 3. The molecule has 1 aromatic carbocycles. The minimum absolute atomic E-state index is 0.0244. The summed E-state index contributed by atoms with van der Waals surface area (Å²) in [7, 11) is 0. The summed E-state index contributed by atoms with van der Waals surface area (Å²) < 4.78 is 51.7. The first-order valence-electron chi connectivity index (χ1n) is 8.29. The Labute approximate surface area is 158 Å². The van der Waals surface area contributed by atoms with E-state index in [1.165, 1.54) is 18.2 Å². The predicted octanol–water partition coefficient (Wildman–Crippen LogP) is 4.61. The predicted molar refractivity (Wildman–Crippen MR) is 93.2 cm³/mol. The summed E-state index contributed by atoms with van der Waals surface area (Å²) in [5, 5.41) is 2.90. The molecule has 1 fully saturated rings. The smallest absolute Gasteiger partial charge is 0.366 e. The molecule has 2 aromatic rings. The van der Waals surface area contributed by atoms with Crippen molar-refractivity contribution in [1.29, 1.82) is 0 Å². The Balaban J connectivity index is 1.60. The number of hydrogen-bond donors (Lipinski definition) is 1. The van der Waals surface area contributed by atoms with Gasteiger partial charge in [-0.15, -0.1) is 0 Å². The molecule has 27 heavy (non-hydrogen) atoms. The Morgan fingerprint density at radius 1 is 1.22 bits per heavy atom. The molecule has 3 rings (SSSR count). The second-order valence-electron chi connectivity index (χ2n) is 6.24. The molecule has 0 bridgehead atoms. The maximum absolute atomic E-state index is 13.8. The Bertz CT molecular complexity index is 836. The minimum atomic E-state index is -4.51. The van der Waals surface area contributed by atoms with Crippen LogP contribution in [0.15, 0.2) is 36.5 Å². The molecule has 0 saturated carbocycles. The van der Waals surface area contributed by atoms with Crippen LogP contribution in [0.5, 0.6) is 0 Å². The largest absolute Gasteiger partial charge is 0.417 e. The highest BCUT2D eigenvalue weighted by molar-refractivity contribution is 6.33. The molecule has 1 aliphatic rings. The summed E-state index contributed by atoms with van der Waals surface area (Å²) in [6, 6.07) is 6.52. The number of piperidine rings is 1. The summed E-state index contributed by atoms with van der Waals surface area (Å²) >= 11 is 5.90. The lowest BCUT2D eigenvalue weighted by atomic mass is 10.0. The van der Waals surface area contributed by atoms with E-state index in [9.17, 15) is 22.4 Å². The second-order valence-corrected chi connectivity index (χ2v) is 6.65. The molecule has 1 aromatic heterocycles. The topological polar surface area (TPSA) is 45.2 Å². The molecule has 1 amide bonds. The summed E-state index contributed by atoms with van der Waals surface area (Å²) in [5.41, 5.74) is -0.889. The highest BCUT2D eigenvalue weighted by Gasteiger charge is 2.32. The molecule has 1 saturated heterocycles. The SMILES string of the molecule is O=C(c1ccccc1F)N1CCC(Nc2ncc(C(F)(F)F)cc2Cl)CC1. The van der Waals surface area contributed by atoms with Gasteiger partial charge in [-0.25, -0.2) is 9.37 Å². The van der Waals surface area contributed by atoms with Crippen LogP contribution in [-0.2, 0) is 6.18 Å². The molecular formula is C18H16ClF4N3O. The van der Waals surface area contributed by atoms with Gasteiger partial charge in [-0.05, 0) is 31.0 Å². The standard InChI is InChI=1S/C18H16ClF4N3O/c19-14-9-11(18(21,22)23)10-24-16(14)25-12-5-7-26(8-6-12)17(27)13-3-1-2-4-15(13)20/h1-4,9-10,12H,5-8H2,(H,24,25). The van der Waals surface area contributed by atoms with E-state index in [-0.39, 0.29) is 28.4 Å². The number of rotatable bonds is 3. The van der Waals surface area contributed by atoms with Gasteiger partial charge in [0.2, 0.25) is 0 Å². The first-order chi connectivity index (χ1) is 12.8. The van der Waals surface area contributed by atoms with Crippen molar-refractivity contribution in [2.45, 2.75) is 25.1 Å². The van der Waals surface area contributed by atoms with E-state index in [4.69, 9.17) is 11.6 Å². The lowest BCUT2D eigenvalue weighted by molar-refractivity contribution is -0.137. The van der Waals surface area contributed by atoms with Crippen molar-refractivity contribution in [3.8, 4) is 0 Å². The summed E-state index contributed by atoms with van der Waals surface area (Å²) in [6.07, 6.45) is -2.70. The van der Waals surface area contributed by atoms with Gasteiger partial charge in [0.15, 0.2) is 0 Å². The van der Waals surface area contributed by atoms with Crippen molar-refractivity contribution in [3.05, 3.63) is 58.5 Å².